The maximum absolute atomic E-state index is 6.43. The Balaban J connectivity index is 1.93. The number of rotatable bonds is 6. The summed E-state index contributed by atoms with van der Waals surface area (Å²) in [4.78, 5) is 1.32. The van der Waals surface area contributed by atoms with Gasteiger partial charge in [-0.3, -0.25) is 0 Å². The summed E-state index contributed by atoms with van der Waals surface area (Å²) >= 11 is 1.78. The van der Waals surface area contributed by atoms with Gasteiger partial charge in [0.2, 0.25) is 0 Å². The Morgan fingerprint density at radius 2 is 1.91 bits per heavy atom. The van der Waals surface area contributed by atoms with Gasteiger partial charge in [0, 0.05) is 16.7 Å². The van der Waals surface area contributed by atoms with Crippen LogP contribution < -0.4 is 10.1 Å². The molecule has 2 aromatic carbocycles. The summed E-state index contributed by atoms with van der Waals surface area (Å²) in [5, 5.41) is 7.76. The lowest BCUT2D eigenvalue weighted by Crippen LogP contribution is -2.16. The molecule has 1 aromatic heterocycles. The fourth-order valence-corrected chi connectivity index (χ4v) is 3.68. The van der Waals surface area contributed by atoms with Crippen LogP contribution in [0.4, 0.5) is 0 Å². The highest BCUT2D eigenvalue weighted by Gasteiger charge is 2.17. The molecule has 22 heavy (non-hydrogen) atoms. The van der Waals surface area contributed by atoms with Crippen molar-refractivity contribution in [1.29, 1.82) is 0 Å². The van der Waals surface area contributed by atoms with Gasteiger partial charge < -0.3 is 10.1 Å². The number of nitrogens with one attached hydrogen (secondary N) is 1. The van der Waals surface area contributed by atoms with E-state index in [-0.39, 0.29) is 6.10 Å². The lowest BCUT2D eigenvalue weighted by molar-refractivity contribution is 0.201. The molecule has 0 saturated carbocycles. The lowest BCUT2D eigenvalue weighted by Gasteiger charge is -2.20. The first kappa shape index (κ1) is 15.1. The highest BCUT2D eigenvalue weighted by atomic mass is 32.1. The van der Waals surface area contributed by atoms with Crippen LogP contribution in [0.5, 0.6) is 5.75 Å². The molecular formula is C19H21NOS. The van der Waals surface area contributed by atoms with E-state index in [0.717, 1.165) is 18.7 Å². The molecule has 1 N–H and O–H groups in total. The zero-order chi connectivity index (χ0) is 15.4. The highest BCUT2D eigenvalue weighted by molar-refractivity contribution is 7.10. The molecule has 1 heterocycles. The molecule has 3 rings (SSSR count). The van der Waals surface area contributed by atoms with Crippen LogP contribution in [0.25, 0.3) is 10.8 Å². The van der Waals surface area contributed by atoms with E-state index < -0.39 is 0 Å². The number of benzene rings is 2. The highest BCUT2D eigenvalue weighted by Crippen LogP contribution is 2.34. The van der Waals surface area contributed by atoms with E-state index in [9.17, 15) is 0 Å². The second kappa shape index (κ2) is 6.95. The zero-order valence-electron chi connectivity index (χ0n) is 13.0. The SMILES string of the molecule is CNCCC(Oc1cccc2ccccc12)c1sccc1C. The summed E-state index contributed by atoms with van der Waals surface area (Å²) in [7, 11) is 1.98. The molecule has 0 bridgehead atoms. The normalized spacial score (nSPS) is 12.5. The molecule has 3 aromatic rings. The first-order valence-corrected chi connectivity index (χ1v) is 8.50. The second-order valence-corrected chi connectivity index (χ2v) is 6.39. The van der Waals surface area contributed by atoms with Gasteiger partial charge in [0.25, 0.3) is 0 Å². The molecule has 1 unspecified atom stereocenters. The summed E-state index contributed by atoms with van der Waals surface area (Å²) in [6.45, 7) is 3.09. The molecule has 1 atom stereocenters. The molecule has 0 fully saturated rings. The van der Waals surface area contributed by atoms with Crippen molar-refractivity contribution in [3.05, 3.63) is 64.4 Å². The van der Waals surface area contributed by atoms with Gasteiger partial charge in [0.1, 0.15) is 11.9 Å². The molecule has 0 spiro atoms. The van der Waals surface area contributed by atoms with Crippen LogP contribution in [0, 0.1) is 6.92 Å². The number of aryl methyl sites for hydroxylation is 1. The largest absolute Gasteiger partial charge is 0.484 e. The van der Waals surface area contributed by atoms with Crippen molar-refractivity contribution in [2.24, 2.45) is 0 Å². The van der Waals surface area contributed by atoms with Gasteiger partial charge in [0.15, 0.2) is 0 Å². The van der Waals surface area contributed by atoms with Crippen molar-refractivity contribution in [2.75, 3.05) is 13.6 Å². The summed E-state index contributed by atoms with van der Waals surface area (Å²) in [5.74, 6) is 0.965. The van der Waals surface area contributed by atoms with E-state index in [0.29, 0.717) is 0 Å². The van der Waals surface area contributed by atoms with Gasteiger partial charge in [-0.1, -0.05) is 36.4 Å². The van der Waals surface area contributed by atoms with Gasteiger partial charge in [-0.2, -0.15) is 0 Å². The van der Waals surface area contributed by atoms with Gasteiger partial charge >= 0.3 is 0 Å². The Bertz CT molecular complexity index is 745. The summed E-state index contributed by atoms with van der Waals surface area (Å²) in [6, 6.07) is 16.8. The van der Waals surface area contributed by atoms with Crippen LogP contribution in [0.3, 0.4) is 0 Å². The molecule has 2 nitrogen and oxygen atoms in total. The Hall–Kier alpha value is -1.84. The molecule has 0 amide bonds. The minimum Gasteiger partial charge on any atom is -0.484 e. The standard InChI is InChI=1S/C19H21NOS/c1-14-11-13-22-19(14)18(10-12-20-2)21-17-9-5-7-15-6-3-4-8-16(15)17/h3-9,11,13,18,20H,10,12H2,1-2H3. The third-order valence-corrected chi connectivity index (χ3v) is 4.98. The van der Waals surface area contributed by atoms with Crippen molar-refractivity contribution < 1.29 is 4.74 Å². The molecule has 0 aliphatic heterocycles. The topological polar surface area (TPSA) is 21.3 Å². The van der Waals surface area contributed by atoms with Crippen LogP contribution in [0.2, 0.25) is 0 Å². The number of hydrogen-bond acceptors (Lipinski definition) is 3. The number of ether oxygens (including phenoxy) is 1. The Morgan fingerprint density at radius 3 is 2.68 bits per heavy atom. The lowest BCUT2D eigenvalue weighted by atomic mass is 10.1. The van der Waals surface area contributed by atoms with Crippen LogP contribution in [-0.2, 0) is 0 Å². The van der Waals surface area contributed by atoms with Crippen molar-refractivity contribution in [3.63, 3.8) is 0 Å². The molecule has 114 valence electrons. The Kier molecular flexibility index (Phi) is 4.76. The zero-order valence-corrected chi connectivity index (χ0v) is 13.8. The molecule has 0 aliphatic carbocycles. The molecule has 0 saturated heterocycles. The monoisotopic (exact) mass is 311 g/mol. The number of fused-ring (bicyclic) bond motifs is 1. The summed E-state index contributed by atoms with van der Waals surface area (Å²) in [5.41, 5.74) is 1.31. The second-order valence-electron chi connectivity index (χ2n) is 5.44. The molecule has 0 aliphatic rings. The van der Waals surface area contributed by atoms with Gasteiger partial charge in [-0.05, 0) is 49.0 Å². The van der Waals surface area contributed by atoms with Crippen LogP contribution >= 0.6 is 11.3 Å². The maximum atomic E-state index is 6.43. The molecule has 3 heteroatoms. The van der Waals surface area contributed by atoms with E-state index >= 15 is 0 Å². The molecule has 0 radical (unpaired) electrons. The van der Waals surface area contributed by atoms with Crippen LogP contribution in [0.1, 0.15) is 23.0 Å². The van der Waals surface area contributed by atoms with Crippen LogP contribution in [0.15, 0.2) is 53.9 Å². The third-order valence-electron chi connectivity index (χ3n) is 3.87. The van der Waals surface area contributed by atoms with Crippen LogP contribution in [-0.4, -0.2) is 13.6 Å². The minimum absolute atomic E-state index is 0.0956. The Morgan fingerprint density at radius 1 is 1.09 bits per heavy atom. The Labute approximate surface area is 135 Å². The van der Waals surface area contributed by atoms with Gasteiger partial charge in [0.05, 0.1) is 0 Å². The van der Waals surface area contributed by atoms with E-state index in [1.807, 2.05) is 7.05 Å². The maximum Gasteiger partial charge on any atom is 0.134 e. The first-order chi connectivity index (χ1) is 10.8. The molecular weight excluding hydrogens is 290 g/mol. The quantitative estimate of drug-likeness (QED) is 0.696. The van der Waals surface area contributed by atoms with Gasteiger partial charge in [-0.25, -0.2) is 0 Å². The fraction of sp³-hybridized carbons (Fsp3) is 0.263. The van der Waals surface area contributed by atoms with Gasteiger partial charge in [-0.15, -0.1) is 11.3 Å². The summed E-state index contributed by atoms with van der Waals surface area (Å²) < 4.78 is 6.43. The fourth-order valence-electron chi connectivity index (χ4n) is 2.68. The van der Waals surface area contributed by atoms with Crippen molar-refractivity contribution in [1.82, 2.24) is 5.32 Å². The summed E-state index contributed by atoms with van der Waals surface area (Å²) in [6.07, 6.45) is 1.06. The van der Waals surface area contributed by atoms with E-state index in [2.05, 4.69) is 66.2 Å². The van der Waals surface area contributed by atoms with Crippen molar-refractivity contribution in [2.45, 2.75) is 19.4 Å². The smallest absolute Gasteiger partial charge is 0.134 e. The van der Waals surface area contributed by atoms with E-state index in [1.54, 1.807) is 11.3 Å². The van der Waals surface area contributed by atoms with Crippen molar-refractivity contribution in [3.8, 4) is 5.75 Å². The average molecular weight is 311 g/mol. The predicted molar refractivity (Wildman–Crippen MR) is 94.9 cm³/mol. The number of thiophene rings is 1. The average Bonchev–Trinajstić information content (AvgIpc) is 2.97. The minimum atomic E-state index is 0.0956. The third kappa shape index (κ3) is 3.16. The number of hydrogen-bond donors (Lipinski definition) is 1. The van der Waals surface area contributed by atoms with E-state index in [1.165, 1.54) is 21.2 Å². The van der Waals surface area contributed by atoms with Crippen molar-refractivity contribution >= 4 is 22.1 Å². The first-order valence-electron chi connectivity index (χ1n) is 7.62. The predicted octanol–water partition coefficient (Wildman–Crippen LogP) is 4.94. The van der Waals surface area contributed by atoms with E-state index in [4.69, 9.17) is 4.74 Å².